The van der Waals surface area contributed by atoms with Gasteiger partial charge in [-0.2, -0.15) is 4.98 Å². The molecular weight excluding hydrogens is 382 g/mol. The van der Waals surface area contributed by atoms with Crippen molar-refractivity contribution in [1.29, 1.82) is 0 Å². The molecule has 0 aliphatic carbocycles. The Morgan fingerprint density at radius 3 is 2.43 bits per heavy atom. The maximum atomic E-state index is 13.3. The minimum absolute atomic E-state index is 0.143. The predicted octanol–water partition coefficient (Wildman–Crippen LogP) is 2.34. The average molecular weight is 409 g/mol. The highest BCUT2D eigenvalue weighted by molar-refractivity contribution is 6.02. The molecule has 0 radical (unpaired) electrons. The number of likely N-dealkylation sites (N-methyl/N-ethyl adjacent to an activating group) is 1. The van der Waals surface area contributed by atoms with Crippen LogP contribution in [-0.2, 0) is 4.74 Å². The molecule has 3 aliphatic heterocycles. The zero-order valence-corrected chi connectivity index (χ0v) is 17.6. The molecule has 30 heavy (non-hydrogen) atoms. The van der Waals surface area contributed by atoms with Gasteiger partial charge in [-0.15, -0.1) is 0 Å². The molecular formula is C22H27N5O3. The second-order valence-electron chi connectivity index (χ2n) is 9.06. The Balaban J connectivity index is 1.67. The zero-order valence-electron chi connectivity index (χ0n) is 17.6. The molecule has 2 N–H and O–H groups in total. The summed E-state index contributed by atoms with van der Waals surface area (Å²) >= 11 is 0. The third-order valence-electron chi connectivity index (χ3n) is 5.93. The maximum Gasteiger partial charge on any atom is 0.261 e. The van der Waals surface area contributed by atoms with Crippen LogP contribution in [0.2, 0.25) is 0 Å². The van der Waals surface area contributed by atoms with Crippen LogP contribution in [0.4, 0.5) is 11.6 Å². The van der Waals surface area contributed by atoms with Crippen molar-refractivity contribution in [2.75, 3.05) is 37.3 Å². The number of hydrogen-bond donors (Lipinski definition) is 1. The highest BCUT2D eigenvalue weighted by atomic mass is 16.5. The lowest BCUT2D eigenvalue weighted by Gasteiger charge is -2.33. The fourth-order valence-corrected chi connectivity index (χ4v) is 4.59. The van der Waals surface area contributed by atoms with E-state index in [-0.39, 0.29) is 18.1 Å². The van der Waals surface area contributed by atoms with E-state index in [0.717, 1.165) is 31.5 Å². The Labute approximate surface area is 176 Å². The van der Waals surface area contributed by atoms with E-state index < -0.39 is 5.60 Å². The van der Waals surface area contributed by atoms with Crippen molar-refractivity contribution in [3.8, 4) is 17.1 Å². The van der Waals surface area contributed by atoms with Gasteiger partial charge in [-0.3, -0.25) is 4.79 Å². The van der Waals surface area contributed by atoms with Gasteiger partial charge in [-0.25, -0.2) is 4.98 Å². The molecule has 2 unspecified atom stereocenters. The van der Waals surface area contributed by atoms with Crippen molar-refractivity contribution >= 4 is 17.5 Å². The Morgan fingerprint density at radius 2 is 1.77 bits per heavy atom. The number of ether oxygens (including phenoxy) is 2. The summed E-state index contributed by atoms with van der Waals surface area (Å²) in [6.45, 7) is 5.87. The van der Waals surface area contributed by atoms with E-state index in [2.05, 4.69) is 4.90 Å². The van der Waals surface area contributed by atoms with Gasteiger partial charge in [0.1, 0.15) is 11.2 Å². The monoisotopic (exact) mass is 409 g/mol. The molecule has 2 fully saturated rings. The van der Waals surface area contributed by atoms with E-state index in [4.69, 9.17) is 25.2 Å². The molecule has 5 rings (SSSR count). The molecule has 8 nitrogen and oxygen atoms in total. The molecule has 0 saturated carbocycles. The molecule has 1 aromatic heterocycles. The third-order valence-corrected chi connectivity index (χ3v) is 5.93. The summed E-state index contributed by atoms with van der Waals surface area (Å²) in [7, 11) is 1.78. The van der Waals surface area contributed by atoms with Gasteiger partial charge in [0.05, 0.1) is 24.4 Å². The normalized spacial score (nSPS) is 25.0. The molecule has 0 spiro atoms. The van der Waals surface area contributed by atoms with E-state index in [1.165, 1.54) is 0 Å². The molecule has 1 aromatic carbocycles. The van der Waals surface area contributed by atoms with Crippen molar-refractivity contribution in [2.45, 2.75) is 44.5 Å². The summed E-state index contributed by atoms with van der Waals surface area (Å²) in [5, 5.41) is 0. The number of carbonyl (C=O) groups is 1. The van der Waals surface area contributed by atoms with Crippen LogP contribution in [0.3, 0.4) is 0 Å². The second kappa shape index (κ2) is 6.84. The molecule has 2 saturated heterocycles. The molecule has 8 heteroatoms. The first-order valence-corrected chi connectivity index (χ1v) is 10.4. The number of nitrogens with two attached hydrogens (primary N) is 1. The predicted molar refractivity (Wildman–Crippen MR) is 114 cm³/mol. The first-order chi connectivity index (χ1) is 14.3. The topological polar surface area (TPSA) is 93.8 Å². The maximum absolute atomic E-state index is 13.3. The summed E-state index contributed by atoms with van der Waals surface area (Å²) < 4.78 is 12.2. The number of nitrogen functional groups attached to an aromatic ring is 1. The average Bonchev–Trinajstić information content (AvgIpc) is 3.00. The summed E-state index contributed by atoms with van der Waals surface area (Å²) in [5.41, 5.74) is 7.75. The van der Waals surface area contributed by atoms with Crippen molar-refractivity contribution in [1.82, 2.24) is 14.9 Å². The van der Waals surface area contributed by atoms with Crippen LogP contribution in [0.25, 0.3) is 11.3 Å². The van der Waals surface area contributed by atoms with E-state index in [0.29, 0.717) is 35.3 Å². The Kier molecular flexibility index (Phi) is 4.36. The van der Waals surface area contributed by atoms with Crippen molar-refractivity contribution < 1.29 is 14.3 Å². The van der Waals surface area contributed by atoms with Crippen molar-refractivity contribution in [2.24, 2.45) is 0 Å². The van der Waals surface area contributed by atoms with E-state index in [1.54, 1.807) is 11.9 Å². The summed E-state index contributed by atoms with van der Waals surface area (Å²) in [6.07, 6.45) is 2.53. The fourth-order valence-electron chi connectivity index (χ4n) is 4.59. The number of carbonyl (C=O) groups excluding carboxylic acids is 1. The van der Waals surface area contributed by atoms with Crippen LogP contribution in [0.15, 0.2) is 24.3 Å². The van der Waals surface area contributed by atoms with Crippen molar-refractivity contribution in [3.05, 3.63) is 29.8 Å². The van der Waals surface area contributed by atoms with Crippen LogP contribution >= 0.6 is 0 Å². The van der Waals surface area contributed by atoms with Gasteiger partial charge < -0.3 is 25.0 Å². The summed E-state index contributed by atoms with van der Waals surface area (Å²) in [5.74, 6) is 0.773. The molecule has 3 aliphatic rings. The Morgan fingerprint density at radius 1 is 1.10 bits per heavy atom. The molecule has 158 valence electrons. The molecule has 2 aromatic rings. The molecule has 1 amide bonds. The number of fused-ring (bicyclic) bond motifs is 3. The van der Waals surface area contributed by atoms with Gasteiger partial charge >= 0.3 is 0 Å². The number of anilines is 2. The van der Waals surface area contributed by atoms with Gasteiger partial charge in [0.25, 0.3) is 5.91 Å². The summed E-state index contributed by atoms with van der Waals surface area (Å²) in [6, 6.07) is 7.39. The van der Waals surface area contributed by atoms with E-state index in [1.807, 2.05) is 38.1 Å². The highest BCUT2D eigenvalue weighted by Crippen LogP contribution is 2.37. The smallest absolute Gasteiger partial charge is 0.261 e. The van der Waals surface area contributed by atoms with Gasteiger partial charge in [0, 0.05) is 31.4 Å². The van der Waals surface area contributed by atoms with Crippen LogP contribution in [0.5, 0.6) is 5.88 Å². The Hall–Kier alpha value is -2.87. The van der Waals surface area contributed by atoms with Crippen molar-refractivity contribution in [3.63, 3.8) is 0 Å². The standard InChI is InChI=1S/C22H27N5O3/c1-22(2)12-26(3)20(28)17-18(13-4-6-14(23)7-5-13)24-21(25-19(17)30-22)27-10-15-8-9-16(11-27)29-15/h4-7,15-16H,8-12,23H2,1-3H3. The fraction of sp³-hybridized carbons (Fsp3) is 0.500. The number of benzene rings is 1. The van der Waals surface area contributed by atoms with Crippen LogP contribution in [-0.4, -0.2) is 65.3 Å². The summed E-state index contributed by atoms with van der Waals surface area (Å²) in [4.78, 5) is 26.7. The molecule has 2 bridgehead atoms. The second-order valence-corrected chi connectivity index (χ2v) is 9.06. The molecule has 4 heterocycles. The minimum Gasteiger partial charge on any atom is -0.469 e. The van der Waals surface area contributed by atoms with Crippen LogP contribution in [0.1, 0.15) is 37.0 Å². The van der Waals surface area contributed by atoms with Gasteiger partial charge in [-0.05, 0) is 38.8 Å². The largest absolute Gasteiger partial charge is 0.469 e. The van der Waals surface area contributed by atoms with E-state index >= 15 is 0 Å². The highest BCUT2D eigenvalue weighted by Gasteiger charge is 2.39. The zero-order chi connectivity index (χ0) is 21.0. The number of rotatable bonds is 2. The van der Waals surface area contributed by atoms with Gasteiger partial charge in [0.2, 0.25) is 11.8 Å². The number of morpholine rings is 1. The number of amides is 1. The minimum atomic E-state index is -0.566. The number of nitrogens with zero attached hydrogens (tertiary/aromatic N) is 4. The van der Waals surface area contributed by atoms with Gasteiger partial charge in [0.15, 0.2) is 0 Å². The first kappa shape index (κ1) is 19.1. The quantitative estimate of drug-likeness (QED) is 0.761. The lowest BCUT2D eigenvalue weighted by atomic mass is 10.1. The lowest BCUT2D eigenvalue weighted by molar-refractivity contribution is 0.0297. The SMILES string of the molecule is CN1CC(C)(C)Oc2nc(N3CC4CCC(C3)O4)nc(-c3ccc(N)cc3)c2C1=O. The van der Waals surface area contributed by atoms with E-state index in [9.17, 15) is 4.79 Å². The van der Waals surface area contributed by atoms with Gasteiger partial charge in [-0.1, -0.05) is 12.1 Å². The molecule has 2 atom stereocenters. The Bertz CT molecular complexity index is 979. The lowest BCUT2D eigenvalue weighted by Crippen LogP contribution is -2.43. The van der Waals surface area contributed by atoms with Crippen LogP contribution in [0, 0.1) is 0 Å². The first-order valence-electron chi connectivity index (χ1n) is 10.4. The number of aromatic nitrogens is 2. The third kappa shape index (κ3) is 3.35. The van der Waals surface area contributed by atoms with Crippen LogP contribution < -0.4 is 15.4 Å². The number of hydrogen-bond acceptors (Lipinski definition) is 7.